The molecule has 0 atom stereocenters. The van der Waals surface area contributed by atoms with E-state index >= 15 is 0 Å². The van der Waals surface area contributed by atoms with Gasteiger partial charge in [0.2, 0.25) is 5.91 Å². The zero-order chi connectivity index (χ0) is 14.3. The Kier molecular flexibility index (Phi) is 5.95. The summed E-state index contributed by atoms with van der Waals surface area (Å²) in [5, 5.41) is 13.9. The zero-order valence-corrected chi connectivity index (χ0v) is 11.3. The van der Waals surface area contributed by atoms with E-state index in [0.29, 0.717) is 12.1 Å². The number of para-hydroxylation sites is 1. The molecule has 6 heteroatoms. The van der Waals surface area contributed by atoms with Gasteiger partial charge in [-0.2, -0.15) is 0 Å². The maximum absolute atomic E-state index is 12.0. The topological polar surface area (TPSA) is 75.5 Å². The molecule has 0 unspecified atom stereocenters. The van der Waals surface area contributed by atoms with E-state index in [4.69, 9.17) is 0 Å². The van der Waals surface area contributed by atoms with Gasteiger partial charge in [0, 0.05) is 25.2 Å². The van der Waals surface area contributed by atoms with Gasteiger partial charge in [-0.25, -0.2) is 0 Å². The monoisotopic (exact) mass is 265 g/mol. The van der Waals surface area contributed by atoms with Crippen molar-refractivity contribution in [2.24, 2.45) is 0 Å². The van der Waals surface area contributed by atoms with Gasteiger partial charge in [0.05, 0.1) is 11.3 Å². The van der Waals surface area contributed by atoms with E-state index in [1.54, 1.807) is 30.1 Å². The first kappa shape index (κ1) is 15.1. The maximum Gasteiger partial charge on any atom is 0.273 e. The predicted octanol–water partition coefficient (Wildman–Crippen LogP) is 1.21. The summed E-state index contributed by atoms with van der Waals surface area (Å²) in [6.07, 6.45) is 0.919. The molecular weight excluding hydrogens is 246 g/mol. The van der Waals surface area contributed by atoms with Gasteiger partial charge in [-0.3, -0.25) is 14.9 Å². The number of carbonyl (C=O) groups is 1. The number of carbonyl (C=O) groups excluding carboxylic acids is 1. The van der Waals surface area contributed by atoms with Crippen LogP contribution in [-0.2, 0) is 11.2 Å². The Morgan fingerprint density at radius 2 is 2.11 bits per heavy atom. The Labute approximate surface area is 112 Å². The Morgan fingerprint density at radius 1 is 1.42 bits per heavy atom. The lowest BCUT2D eigenvalue weighted by atomic mass is 10.1. The van der Waals surface area contributed by atoms with E-state index in [1.807, 2.05) is 7.05 Å². The first-order valence-electron chi connectivity index (χ1n) is 6.17. The number of hydrogen-bond acceptors (Lipinski definition) is 4. The largest absolute Gasteiger partial charge is 0.345 e. The van der Waals surface area contributed by atoms with Crippen molar-refractivity contribution in [3.63, 3.8) is 0 Å². The van der Waals surface area contributed by atoms with Gasteiger partial charge >= 0.3 is 0 Å². The van der Waals surface area contributed by atoms with Crippen LogP contribution in [0.25, 0.3) is 0 Å². The summed E-state index contributed by atoms with van der Waals surface area (Å²) in [6.45, 7) is 1.48. The molecule has 1 N–H and O–H groups in total. The highest BCUT2D eigenvalue weighted by atomic mass is 16.6. The van der Waals surface area contributed by atoms with Crippen molar-refractivity contribution < 1.29 is 9.72 Å². The van der Waals surface area contributed by atoms with Crippen molar-refractivity contribution in [3.05, 3.63) is 39.9 Å². The molecule has 0 radical (unpaired) electrons. The third-order valence-electron chi connectivity index (χ3n) is 2.88. The second kappa shape index (κ2) is 7.48. The van der Waals surface area contributed by atoms with E-state index < -0.39 is 4.92 Å². The first-order chi connectivity index (χ1) is 9.06. The fourth-order valence-electron chi connectivity index (χ4n) is 1.75. The molecule has 0 fully saturated rings. The highest BCUT2D eigenvalue weighted by Crippen LogP contribution is 2.18. The zero-order valence-electron chi connectivity index (χ0n) is 11.3. The molecule has 0 aromatic heterocycles. The molecule has 0 heterocycles. The van der Waals surface area contributed by atoms with Crippen LogP contribution in [0.3, 0.4) is 0 Å². The molecule has 1 aromatic rings. The normalized spacial score (nSPS) is 10.2. The van der Waals surface area contributed by atoms with Gasteiger partial charge in [0.25, 0.3) is 5.69 Å². The fourth-order valence-corrected chi connectivity index (χ4v) is 1.75. The number of nitrogens with zero attached hydrogens (tertiary/aromatic N) is 2. The van der Waals surface area contributed by atoms with Gasteiger partial charge in [0.15, 0.2) is 0 Å². The molecule has 104 valence electrons. The Morgan fingerprint density at radius 3 is 2.74 bits per heavy atom. The van der Waals surface area contributed by atoms with E-state index in [1.165, 1.54) is 6.07 Å². The van der Waals surface area contributed by atoms with Gasteiger partial charge in [-0.05, 0) is 20.0 Å². The van der Waals surface area contributed by atoms with Crippen LogP contribution in [0.2, 0.25) is 0 Å². The highest BCUT2D eigenvalue weighted by Gasteiger charge is 2.17. The minimum absolute atomic E-state index is 0.000486. The number of hydrogen-bond donors (Lipinski definition) is 1. The van der Waals surface area contributed by atoms with Gasteiger partial charge < -0.3 is 10.2 Å². The first-order valence-corrected chi connectivity index (χ1v) is 6.17. The summed E-state index contributed by atoms with van der Waals surface area (Å²) in [6, 6.07) is 6.35. The van der Waals surface area contributed by atoms with Crippen LogP contribution in [0.15, 0.2) is 24.3 Å². The molecule has 0 spiro atoms. The third kappa shape index (κ3) is 4.67. The SMILES string of the molecule is CNCCCN(C)C(=O)Cc1ccccc1[N+](=O)[O-]. The van der Waals surface area contributed by atoms with Crippen LogP contribution in [0.1, 0.15) is 12.0 Å². The average molecular weight is 265 g/mol. The van der Waals surface area contributed by atoms with Crippen LogP contribution in [0, 0.1) is 10.1 Å². The minimum Gasteiger partial charge on any atom is -0.345 e. The van der Waals surface area contributed by atoms with Crippen LogP contribution in [0.5, 0.6) is 0 Å². The second-order valence-electron chi connectivity index (χ2n) is 4.33. The number of amides is 1. The summed E-state index contributed by atoms with van der Waals surface area (Å²) >= 11 is 0. The second-order valence-corrected chi connectivity index (χ2v) is 4.33. The summed E-state index contributed by atoms with van der Waals surface area (Å²) in [5.41, 5.74) is 0.456. The van der Waals surface area contributed by atoms with Crippen molar-refractivity contribution in [2.75, 3.05) is 27.2 Å². The minimum atomic E-state index is -0.455. The van der Waals surface area contributed by atoms with Crippen LogP contribution >= 0.6 is 0 Å². The molecular formula is C13H19N3O3. The molecule has 19 heavy (non-hydrogen) atoms. The van der Waals surface area contributed by atoms with E-state index in [9.17, 15) is 14.9 Å². The molecule has 0 saturated heterocycles. The number of likely N-dealkylation sites (N-methyl/N-ethyl adjacent to an activating group) is 1. The Hall–Kier alpha value is -1.95. The van der Waals surface area contributed by atoms with Gasteiger partial charge in [0.1, 0.15) is 0 Å². The Balaban J connectivity index is 2.64. The average Bonchev–Trinajstić information content (AvgIpc) is 2.39. The van der Waals surface area contributed by atoms with Gasteiger partial charge in [-0.1, -0.05) is 18.2 Å². The van der Waals surface area contributed by atoms with Crippen molar-refractivity contribution in [3.8, 4) is 0 Å². The van der Waals surface area contributed by atoms with Crippen molar-refractivity contribution in [1.82, 2.24) is 10.2 Å². The lowest BCUT2D eigenvalue weighted by molar-refractivity contribution is -0.385. The Bertz CT molecular complexity index is 449. The molecule has 0 bridgehead atoms. The van der Waals surface area contributed by atoms with E-state index in [0.717, 1.165) is 13.0 Å². The van der Waals surface area contributed by atoms with Crippen molar-refractivity contribution in [1.29, 1.82) is 0 Å². The smallest absolute Gasteiger partial charge is 0.273 e. The summed E-state index contributed by atoms with van der Waals surface area (Å²) < 4.78 is 0. The number of nitro benzene ring substituents is 1. The van der Waals surface area contributed by atoms with Crippen LogP contribution in [-0.4, -0.2) is 42.9 Å². The summed E-state index contributed by atoms with van der Waals surface area (Å²) in [4.78, 5) is 24.0. The molecule has 0 aliphatic heterocycles. The summed E-state index contributed by atoms with van der Waals surface area (Å²) in [5.74, 6) is -0.106. The molecule has 0 aliphatic rings. The number of nitro groups is 1. The predicted molar refractivity (Wildman–Crippen MR) is 73.0 cm³/mol. The van der Waals surface area contributed by atoms with Gasteiger partial charge in [-0.15, -0.1) is 0 Å². The van der Waals surface area contributed by atoms with E-state index in [2.05, 4.69) is 5.32 Å². The lowest BCUT2D eigenvalue weighted by Crippen LogP contribution is -2.30. The van der Waals surface area contributed by atoms with Crippen LogP contribution < -0.4 is 5.32 Å². The lowest BCUT2D eigenvalue weighted by Gasteiger charge is -2.17. The highest BCUT2D eigenvalue weighted by molar-refractivity contribution is 5.79. The molecule has 1 rings (SSSR count). The van der Waals surface area contributed by atoms with Crippen LogP contribution in [0.4, 0.5) is 5.69 Å². The molecule has 1 aromatic carbocycles. The van der Waals surface area contributed by atoms with E-state index in [-0.39, 0.29) is 18.0 Å². The molecule has 0 aliphatic carbocycles. The molecule has 6 nitrogen and oxygen atoms in total. The number of benzene rings is 1. The van der Waals surface area contributed by atoms with Crippen molar-refractivity contribution >= 4 is 11.6 Å². The quantitative estimate of drug-likeness (QED) is 0.456. The standard InChI is InChI=1S/C13H19N3O3/c1-14-8-5-9-15(2)13(17)10-11-6-3-4-7-12(11)16(18)19/h3-4,6-7,14H,5,8-10H2,1-2H3. The molecule has 1 amide bonds. The fraction of sp³-hybridized carbons (Fsp3) is 0.462. The van der Waals surface area contributed by atoms with Crippen molar-refractivity contribution in [2.45, 2.75) is 12.8 Å². The third-order valence-corrected chi connectivity index (χ3v) is 2.88. The number of rotatable bonds is 7. The summed E-state index contributed by atoms with van der Waals surface area (Å²) in [7, 11) is 3.57. The maximum atomic E-state index is 12.0. The number of nitrogens with one attached hydrogen (secondary N) is 1. The molecule has 0 saturated carbocycles.